The van der Waals surface area contributed by atoms with Crippen LogP contribution in [0.3, 0.4) is 0 Å². The number of hydrogen-bond acceptors (Lipinski definition) is 6. The fourth-order valence-electron chi connectivity index (χ4n) is 1.92. The zero-order valence-electron chi connectivity index (χ0n) is 13.4. The van der Waals surface area contributed by atoms with Crippen LogP contribution in [0.4, 0.5) is 0 Å². The van der Waals surface area contributed by atoms with Gasteiger partial charge in [-0.2, -0.15) is 4.72 Å². The van der Waals surface area contributed by atoms with Gasteiger partial charge in [0.15, 0.2) is 6.61 Å². The summed E-state index contributed by atoms with van der Waals surface area (Å²) in [4.78, 5) is 23.4. The number of nitrogens with one attached hydrogen (secondary N) is 2. The zero-order chi connectivity index (χ0) is 18.6. The van der Waals surface area contributed by atoms with E-state index in [1.54, 1.807) is 0 Å². The Morgan fingerprint density at radius 1 is 1.32 bits per heavy atom. The van der Waals surface area contributed by atoms with Gasteiger partial charge in [0.25, 0.3) is 5.91 Å². The van der Waals surface area contributed by atoms with E-state index in [4.69, 9.17) is 16.3 Å². The second-order valence-electron chi connectivity index (χ2n) is 5.74. The summed E-state index contributed by atoms with van der Waals surface area (Å²) in [5.74, 6) is -1.51. The number of amides is 1. The fraction of sp³-hybridized carbons (Fsp3) is 0.467. The highest BCUT2D eigenvalue weighted by molar-refractivity contribution is 7.89. The van der Waals surface area contributed by atoms with Gasteiger partial charge < -0.3 is 15.2 Å². The van der Waals surface area contributed by atoms with E-state index in [-0.39, 0.29) is 10.9 Å². The molecule has 1 aromatic rings. The SMILES string of the molecule is C[C@@H](O)[C@H](NS(=O)(=O)c1ccc(Cl)cc1)C(=O)OCC(=O)NC1CC1. The number of benzene rings is 1. The molecule has 1 amide bonds. The fourth-order valence-corrected chi connectivity index (χ4v) is 3.30. The monoisotopic (exact) mass is 390 g/mol. The maximum atomic E-state index is 12.3. The van der Waals surface area contributed by atoms with E-state index in [1.807, 2.05) is 0 Å². The highest BCUT2D eigenvalue weighted by Gasteiger charge is 2.31. The molecule has 1 fully saturated rings. The topological polar surface area (TPSA) is 122 Å². The lowest BCUT2D eigenvalue weighted by molar-refractivity contribution is -0.152. The number of ether oxygens (including phenoxy) is 1. The van der Waals surface area contributed by atoms with Crippen LogP contribution in [-0.2, 0) is 24.3 Å². The van der Waals surface area contributed by atoms with E-state index in [9.17, 15) is 23.1 Å². The first-order chi connectivity index (χ1) is 11.7. The van der Waals surface area contributed by atoms with Crippen molar-refractivity contribution in [1.82, 2.24) is 10.0 Å². The van der Waals surface area contributed by atoms with Gasteiger partial charge in [-0.05, 0) is 44.0 Å². The smallest absolute Gasteiger partial charge is 0.327 e. The van der Waals surface area contributed by atoms with Crippen LogP contribution in [0.2, 0.25) is 5.02 Å². The average Bonchev–Trinajstić information content (AvgIpc) is 3.34. The van der Waals surface area contributed by atoms with Crippen molar-refractivity contribution in [1.29, 1.82) is 0 Å². The van der Waals surface area contributed by atoms with Crippen molar-refractivity contribution < 1.29 is 27.9 Å². The average molecular weight is 391 g/mol. The van der Waals surface area contributed by atoms with Gasteiger partial charge in [-0.15, -0.1) is 0 Å². The first-order valence-corrected chi connectivity index (χ1v) is 9.47. The Hall–Kier alpha value is -1.68. The molecule has 2 atom stereocenters. The molecule has 138 valence electrons. The quantitative estimate of drug-likeness (QED) is 0.545. The summed E-state index contributed by atoms with van der Waals surface area (Å²) in [5.41, 5.74) is 0. The molecule has 0 unspecified atom stereocenters. The van der Waals surface area contributed by atoms with Crippen molar-refractivity contribution in [2.45, 2.75) is 42.8 Å². The van der Waals surface area contributed by atoms with Crippen LogP contribution < -0.4 is 10.0 Å². The lowest BCUT2D eigenvalue weighted by Crippen LogP contribution is -2.49. The second-order valence-corrected chi connectivity index (χ2v) is 7.89. The number of halogens is 1. The van der Waals surface area contributed by atoms with E-state index >= 15 is 0 Å². The molecule has 1 aromatic carbocycles. The molecule has 8 nitrogen and oxygen atoms in total. The maximum absolute atomic E-state index is 12.3. The Kier molecular flexibility index (Phi) is 6.39. The molecule has 0 aromatic heterocycles. The van der Waals surface area contributed by atoms with Gasteiger partial charge in [-0.3, -0.25) is 9.59 Å². The van der Waals surface area contributed by atoms with Crippen LogP contribution in [0.5, 0.6) is 0 Å². The largest absolute Gasteiger partial charge is 0.454 e. The molecule has 3 N–H and O–H groups in total. The molecular formula is C15H19ClN2O6S. The van der Waals surface area contributed by atoms with E-state index in [0.717, 1.165) is 12.8 Å². The Morgan fingerprint density at radius 2 is 1.92 bits per heavy atom. The molecule has 0 bridgehead atoms. The minimum absolute atomic E-state index is 0.113. The third kappa shape index (κ3) is 5.96. The summed E-state index contributed by atoms with van der Waals surface area (Å²) in [6.07, 6.45) is 0.411. The van der Waals surface area contributed by atoms with Crippen LogP contribution >= 0.6 is 11.6 Å². The van der Waals surface area contributed by atoms with E-state index in [0.29, 0.717) is 5.02 Å². The number of hydrogen-bond donors (Lipinski definition) is 3. The standard InChI is InChI=1S/C15H19ClN2O6S/c1-9(19)14(15(21)24-8-13(20)17-11-4-5-11)18-25(22,23)12-6-2-10(16)3-7-12/h2-3,6-7,9,11,14,18-19H,4-5,8H2,1H3,(H,17,20)/t9-,14+/m1/s1. The predicted molar refractivity (Wildman–Crippen MR) is 89.4 cm³/mol. The van der Waals surface area contributed by atoms with Gasteiger partial charge in [-0.25, -0.2) is 8.42 Å². The number of carbonyl (C=O) groups excluding carboxylic acids is 2. The lowest BCUT2D eigenvalue weighted by Gasteiger charge is -2.20. The molecule has 10 heteroatoms. The molecule has 25 heavy (non-hydrogen) atoms. The van der Waals surface area contributed by atoms with Crippen LogP contribution in [0.1, 0.15) is 19.8 Å². The predicted octanol–water partition coefficient (Wildman–Crippen LogP) is 0.189. The molecule has 2 rings (SSSR count). The number of aliphatic hydroxyl groups excluding tert-OH is 1. The van der Waals surface area contributed by atoms with Gasteiger partial charge in [-0.1, -0.05) is 11.6 Å². The third-order valence-electron chi connectivity index (χ3n) is 3.43. The zero-order valence-corrected chi connectivity index (χ0v) is 15.0. The van der Waals surface area contributed by atoms with Gasteiger partial charge in [0.1, 0.15) is 6.04 Å². The molecule has 1 saturated carbocycles. The van der Waals surface area contributed by atoms with Gasteiger partial charge in [0, 0.05) is 11.1 Å². The van der Waals surface area contributed by atoms with Crippen LogP contribution in [0.25, 0.3) is 0 Å². The van der Waals surface area contributed by atoms with E-state index < -0.39 is 40.7 Å². The third-order valence-corrected chi connectivity index (χ3v) is 5.14. The van der Waals surface area contributed by atoms with Gasteiger partial charge >= 0.3 is 5.97 Å². The van der Waals surface area contributed by atoms with Crippen LogP contribution in [-0.4, -0.2) is 50.2 Å². The van der Waals surface area contributed by atoms with Crippen molar-refractivity contribution in [2.75, 3.05) is 6.61 Å². The summed E-state index contributed by atoms with van der Waals surface area (Å²) in [6.45, 7) is 0.696. The van der Waals surface area contributed by atoms with Crippen molar-refractivity contribution in [3.05, 3.63) is 29.3 Å². The summed E-state index contributed by atoms with van der Waals surface area (Å²) < 4.78 is 31.5. The highest BCUT2D eigenvalue weighted by Crippen LogP contribution is 2.18. The molecule has 1 aliphatic rings. The van der Waals surface area contributed by atoms with Crippen molar-refractivity contribution >= 4 is 33.5 Å². The molecule has 0 spiro atoms. The summed E-state index contributed by atoms with van der Waals surface area (Å²) in [6, 6.07) is 3.86. The van der Waals surface area contributed by atoms with Crippen LogP contribution in [0, 0.1) is 0 Å². The lowest BCUT2D eigenvalue weighted by atomic mass is 10.2. The Labute approximate surface area is 150 Å². The Balaban J connectivity index is 1.99. The van der Waals surface area contributed by atoms with E-state index in [1.165, 1.54) is 31.2 Å². The number of aliphatic hydroxyl groups is 1. The van der Waals surface area contributed by atoms with Crippen LogP contribution in [0.15, 0.2) is 29.2 Å². The molecule has 1 aliphatic carbocycles. The summed E-state index contributed by atoms with van der Waals surface area (Å²) in [5, 5.41) is 12.7. The molecule has 0 aliphatic heterocycles. The van der Waals surface area contributed by atoms with Gasteiger partial charge in [0.05, 0.1) is 11.0 Å². The van der Waals surface area contributed by atoms with Crippen molar-refractivity contribution in [3.63, 3.8) is 0 Å². The number of sulfonamides is 1. The minimum Gasteiger partial charge on any atom is -0.454 e. The molecule has 0 saturated heterocycles. The first kappa shape index (κ1) is 19.6. The minimum atomic E-state index is -4.08. The number of rotatable bonds is 8. The summed E-state index contributed by atoms with van der Waals surface area (Å²) >= 11 is 5.71. The van der Waals surface area contributed by atoms with Crippen molar-refractivity contribution in [2.24, 2.45) is 0 Å². The normalized spacial score (nSPS) is 16.8. The molecule has 0 radical (unpaired) electrons. The summed E-state index contributed by atoms with van der Waals surface area (Å²) in [7, 11) is -4.08. The Bertz CT molecular complexity index is 731. The number of carbonyl (C=O) groups is 2. The number of esters is 1. The maximum Gasteiger partial charge on any atom is 0.327 e. The molecule has 0 heterocycles. The van der Waals surface area contributed by atoms with Gasteiger partial charge in [0.2, 0.25) is 10.0 Å². The molecular weight excluding hydrogens is 372 g/mol. The first-order valence-electron chi connectivity index (χ1n) is 7.61. The highest BCUT2D eigenvalue weighted by atomic mass is 35.5. The second kappa shape index (κ2) is 8.13. The van der Waals surface area contributed by atoms with Crippen molar-refractivity contribution in [3.8, 4) is 0 Å². The Morgan fingerprint density at radius 3 is 2.44 bits per heavy atom. The van der Waals surface area contributed by atoms with E-state index in [2.05, 4.69) is 10.0 Å².